The molecule has 2 amide bonds. The van der Waals surface area contributed by atoms with Crippen molar-refractivity contribution in [3.63, 3.8) is 0 Å². The van der Waals surface area contributed by atoms with E-state index in [2.05, 4.69) is 27.3 Å². The first-order valence-electron chi connectivity index (χ1n) is 8.71. The molecule has 2 fully saturated rings. The first-order valence-corrected chi connectivity index (χ1v) is 8.71. The van der Waals surface area contributed by atoms with Crippen LogP contribution in [0.3, 0.4) is 0 Å². The number of likely N-dealkylation sites (tertiary alicyclic amines) is 2. The Balaban J connectivity index is 1.37. The van der Waals surface area contributed by atoms with E-state index < -0.39 is 0 Å². The maximum absolute atomic E-state index is 12.1. The zero-order valence-electron chi connectivity index (χ0n) is 14.5. The molecule has 6 heteroatoms. The van der Waals surface area contributed by atoms with Crippen molar-refractivity contribution in [1.29, 1.82) is 0 Å². The summed E-state index contributed by atoms with van der Waals surface area (Å²) in [5.74, 6) is -0.0710. The molecule has 2 saturated heterocycles. The second-order valence-electron chi connectivity index (χ2n) is 6.89. The molecule has 1 aromatic rings. The Morgan fingerprint density at radius 3 is 2.79 bits per heavy atom. The summed E-state index contributed by atoms with van der Waals surface area (Å²) in [4.78, 5) is 32.4. The van der Waals surface area contributed by atoms with Crippen LogP contribution < -0.4 is 5.32 Å². The molecule has 1 unspecified atom stereocenters. The van der Waals surface area contributed by atoms with Gasteiger partial charge in [0.1, 0.15) is 0 Å². The van der Waals surface area contributed by atoms with Crippen LogP contribution in [-0.2, 0) is 16.0 Å². The summed E-state index contributed by atoms with van der Waals surface area (Å²) in [5.41, 5.74) is 2.33. The lowest BCUT2D eigenvalue weighted by Crippen LogP contribution is -2.59. The van der Waals surface area contributed by atoms with Gasteiger partial charge in [-0.05, 0) is 37.9 Å². The first kappa shape index (κ1) is 16.9. The third-order valence-electron chi connectivity index (χ3n) is 5.07. The average molecular weight is 330 g/mol. The van der Waals surface area contributed by atoms with E-state index in [1.807, 2.05) is 18.0 Å². The molecule has 1 aromatic heterocycles. The maximum atomic E-state index is 12.1. The highest BCUT2D eigenvalue weighted by atomic mass is 16.2. The Labute approximate surface area is 143 Å². The highest BCUT2D eigenvalue weighted by Gasteiger charge is 2.41. The number of aromatic nitrogens is 1. The number of nitrogens with one attached hydrogen (secondary N) is 1. The molecule has 0 aromatic carbocycles. The van der Waals surface area contributed by atoms with E-state index in [0.717, 1.165) is 38.2 Å². The van der Waals surface area contributed by atoms with Gasteiger partial charge in [0.15, 0.2) is 0 Å². The van der Waals surface area contributed by atoms with Crippen molar-refractivity contribution in [2.45, 2.75) is 32.2 Å². The fraction of sp³-hybridized carbons (Fsp3) is 0.611. The van der Waals surface area contributed by atoms with Gasteiger partial charge in [0.25, 0.3) is 0 Å². The third-order valence-corrected chi connectivity index (χ3v) is 5.07. The predicted molar refractivity (Wildman–Crippen MR) is 91.4 cm³/mol. The fourth-order valence-electron chi connectivity index (χ4n) is 3.54. The first-order chi connectivity index (χ1) is 11.6. The zero-order valence-corrected chi connectivity index (χ0v) is 14.5. The SMILES string of the molecule is CNC(=O)C1CC(=O)N(C2CN(CCCc3ccc(C)nc3)C2)C1. The Morgan fingerprint density at radius 1 is 1.33 bits per heavy atom. The number of aryl methyl sites for hydroxylation is 2. The van der Waals surface area contributed by atoms with Gasteiger partial charge in [0.2, 0.25) is 11.8 Å². The standard InChI is InChI=1S/C18H26N4O2/c1-13-5-6-14(9-20-13)4-3-7-21-11-16(12-21)22-10-15(8-17(22)23)18(24)19-2/h5-6,9,15-16H,3-4,7-8,10-12H2,1-2H3,(H,19,24). The van der Waals surface area contributed by atoms with Gasteiger partial charge in [-0.2, -0.15) is 0 Å². The van der Waals surface area contributed by atoms with Crippen LogP contribution in [0, 0.1) is 12.8 Å². The monoisotopic (exact) mass is 330 g/mol. The van der Waals surface area contributed by atoms with E-state index in [1.165, 1.54) is 5.56 Å². The lowest BCUT2D eigenvalue weighted by Gasteiger charge is -2.44. The fourth-order valence-corrected chi connectivity index (χ4v) is 3.54. The van der Waals surface area contributed by atoms with Gasteiger partial charge in [-0.25, -0.2) is 0 Å². The molecule has 0 bridgehead atoms. The normalized spacial score (nSPS) is 21.8. The number of pyridine rings is 1. The second-order valence-corrected chi connectivity index (χ2v) is 6.89. The lowest BCUT2D eigenvalue weighted by molar-refractivity contribution is -0.133. The van der Waals surface area contributed by atoms with Crippen molar-refractivity contribution in [3.05, 3.63) is 29.6 Å². The van der Waals surface area contributed by atoms with Crippen LogP contribution in [0.1, 0.15) is 24.1 Å². The van der Waals surface area contributed by atoms with Gasteiger partial charge in [0.05, 0.1) is 12.0 Å². The summed E-state index contributed by atoms with van der Waals surface area (Å²) in [6.07, 6.45) is 4.45. The van der Waals surface area contributed by atoms with Crippen LogP contribution in [-0.4, -0.2) is 65.9 Å². The molecule has 1 N–H and O–H groups in total. The van der Waals surface area contributed by atoms with Crippen molar-refractivity contribution in [2.24, 2.45) is 5.92 Å². The smallest absolute Gasteiger partial charge is 0.225 e. The molecule has 3 heterocycles. The van der Waals surface area contributed by atoms with E-state index >= 15 is 0 Å². The Kier molecular flexibility index (Phi) is 5.14. The summed E-state index contributed by atoms with van der Waals surface area (Å²) >= 11 is 0. The Morgan fingerprint density at radius 2 is 2.12 bits per heavy atom. The molecule has 0 radical (unpaired) electrons. The summed E-state index contributed by atoms with van der Waals surface area (Å²) in [6, 6.07) is 4.48. The quantitative estimate of drug-likeness (QED) is 0.830. The molecular formula is C18H26N4O2. The lowest BCUT2D eigenvalue weighted by atomic mass is 10.1. The number of amides is 2. The van der Waals surface area contributed by atoms with Crippen LogP contribution >= 0.6 is 0 Å². The predicted octanol–water partition coefficient (Wildman–Crippen LogP) is 0.601. The van der Waals surface area contributed by atoms with Gasteiger partial charge in [-0.1, -0.05) is 6.07 Å². The van der Waals surface area contributed by atoms with Crippen molar-refractivity contribution in [2.75, 3.05) is 33.2 Å². The molecule has 0 aliphatic carbocycles. The van der Waals surface area contributed by atoms with E-state index in [-0.39, 0.29) is 23.8 Å². The van der Waals surface area contributed by atoms with Gasteiger partial charge < -0.3 is 10.2 Å². The molecular weight excluding hydrogens is 304 g/mol. The molecule has 2 aliphatic rings. The van der Waals surface area contributed by atoms with Crippen LogP contribution in [0.25, 0.3) is 0 Å². The molecule has 0 spiro atoms. The number of carbonyl (C=O) groups excluding carboxylic acids is 2. The topological polar surface area (TPSA) is 65.5 Å². The number of hydrogen-bond acceptors (Lipinski definition) is 4. The molecule has 1 atom stereocenters. The summed E-state index contributed by atoms with van der Waals surface area (Å²) < 4.78 is 0. The second kappa shape index (κ2) is 7.30. The summed E-state index contributed by atoms with van der Waals surface area (Å²) in [5, 5.41) is 2.65. The van der Waals surface area contributed by atoms with Crippen molar-refractivity contribution >= 4 is 11.8 Å². The van der Waals surface area contributed by atoms with Gasteiger partial charge in [-0.15, -0.1) is 0 Å². The Hall–Kier alpha value is -1.95. The van der Waals surface area contributed by atoms with E-state index in [0.29, 0.717) is 13.0 Å². The highest BCUT2D eigenvalue weighted by molar-refractivity contribution is 5.89. The minimum atomic E-state index is -0.175. The molecule has 6 nitrogen and oxygen atoms in total. The van der Waals surface area contributed by atoms with Crippen LogP contribution in [0.15, 0.2) is 18.3 Å². The highest BCUT2D eigenvalue weighted by Crippen LogP contribution is 2.25. The molecule has 3 rings (SSSR count). The van der Waals surface area contributed by atoms with Crippen LogP contribution in [0.5, 0.6) is 0 Å². The molecule has 2 aliphatic heterocycles. The Bertz CT molecular complexity index is 596. The minimum Gasteiger partial charge on any atom is -0.359 e. The molecule has 0 saturated carbocycles. The number of nitrogens with zero attached hydrogens (tertiary/aromatic N) is 3. The number of hydrogen-bond donors (Lipinski definition) is 1. The number of carbonyl (C=O) groups is 2. The van der Waals surface area contributed by atoms with Crippen molar-refractivity contribution in [1.82, 2.24) is 20.1 Å². The van der Waals surface area contributed by atoms with Gasteiger partial charge >= 0.3 is 0 Å². The molecule has 24 heavy (non-hydrogen) atoms. The maximum Gasteiger partial charge on any atom is 0.225 e. The van der Waals surface area contributed by atoms with Crippen LogP contribution in [0.4, 0.5) is 0 Å². The summed E-state index contributed by atoms with van der Waals surface area (Å²) in [6.45, 7) is 5.48. The average Bonchev–Trinajstić information content (AvgIpc) is 2.92. The number of rotatable bonds is 6. The van der Waals surface area contributed by atoms with Gasteiger partial charge in [0, 0.05) is 45.0 Å². The molecule has 130 valence electrons. The summed E-state index contributed by atoms with van der Waals surface area (Å²) in [7, 11) is 1.63. The van der Waals surface area contributed by atoms with Crippen molar-refractivity contribution in [3.8, 4) is 0 Å². The van der Waals surface area contributed by atoms with E-state index in [9.17, 15) is 9.59 Å². The third kappa shape index (κ3) is 3.75. The van der Waals surface area contributed by atoms with Crippen LogP contribution in [0.2, 0.25) is 0 Å². The van der Waals surface area contributed by atoms with Gasteiger partial charge in [-0.3, -0.25) is 19.5 Å². The zero-order chi connectivity index (χ0) is 17.1. The van der Waals surface area contributed by atoms with E-state index in [4.69, 9.17) is 0 Å². The van der Waals surface area contributed by atoms with Crippen molar-refractivity contribution < 1.29 is 9.59 Å². The minimum absolute atomic E-state index is 0.0197. The van der Waals surface area contributed by atoms with E-state index in [1.54, 1.807) is 7.05 Å². The largest absolute Gasteiger partial charge is 0.359 e.